The van der Waals surface area contributed by atoms with Crippen LogP contribution in [0.3, 0.4) is 0 Å². The summed E-state index contributed by atoms with van der Waals surface area (Å²) >= 11 is 1.12. The van der Waals surface area contributed by atoms with Crippen LogP contribution in [0.1, 0.15) is 46.9 Å². The molecule has 0 aliphatic heterocycles. The van der Waals surface area contributed by atoms with Crippen molar-refractivity contribution >= 4 is 48.9 Å². The molecule has 35 heavy (non-hydrogen) atoms. The van der Waals surface area contributed by atoms with Gasteiger partial charge in [0.05, 0.1) is 20.8 Å². The molecule has 3 aromatic carbocycles. The van der Waals surface area contributed by atoms with Crippen molar-refractivity contribution in [3.63, 3.8) is 0 Å². The number of sulfonamides is 1. The van der Waals surface area contributed by atoms with E-state index in [2.05, 4.69) is 10.0 Å². The number of hydrogen-bond donors (Lipinski definition) is 2. The average molecular weight is 510 g/mol. The standard InChI is InChI=1S/C26H27N3O4S2/c1-15(2)29-22-11-10-20(14-23(22)34-26(29)31)27-25(30)19-9-8-18(5)24(13-19)35(32,33)28-21-12-16(3)6-7-17(21)4/h6-15,28H,1-5H3,(H,27,30). The Labute approximate surface area is 208 Å². The third-order valence-electron chi connectivity index (χ3n) is 5.76. The Balaban J connectivity index is 1.62. The van der Waals surface area contributed by atoms with E-state index < -0.39 is 15.9 Å². The molecule has 9 heteroatoms. The lowest BCUT2D eigenvalue weighted by Crippen LogP contribution is -2.17. The lowest BCUT2D eigenvalue weighted by Gasteiger charge is -2.14. The average Bonchev–Trinajstić information content (AvgIpc) is 3.11. The molecule has 182 valence electrons. The number of aromatic nitrogens is 1. The highest BCUT2D eigenvalue weighted by Crippen LogP contribution is 2.26. The highest BCUT2D eigenvalue weighted by atomic mass is 32.2. The van der Waals surface area contributed by atoms with Gasteiger partial charge in [-0.2, -0.15) is 0 Å². The predicted molar refractivity (Wildman–Crippen MR) is 142 cm³/mol. The maximum atomic E-state index is 13.2. The van der Waals surface area contributed by atoms with Gasteiger partial charge in [-0.15, -0.1) is 0 Å². The fourth-order valence-corrected chi connectivity index (χ4v) is 6.33. The van der Waals surface area contributed by atoms with Crippen LogP contribution < -0.4 is 14.9 Å². The van der Waals surface area contributed by atoms with Crippen LogP contribution in [0.4, 0.5) is 11.4 Å². The molecule has 0 radical (unpaired) electrons. The summed E-state index contributed by atoms with van der Waals surface area (Å²) < 4.78 is 31.5. The molecule has 0 atom stereocenters. The number of amides is 1. The summed E-state index contributed by atoms with van der Waals surface area (Å²) in [5.41, 5.74) is 4.32. The number of carbonyl (C=O) groups is 1. The molecule has 1 amide bonds. The van der Waals surface area contributed by atoms with Gasteiger partial charge in [0.2, 0.25) is 0 Å². The van der Waals surface area contributed by atoms with Gasteiger partial charge in [-0.3, -0.25) is 18.9 Å². The van der Waals surface area contributed by atoms with E-state index >= 15 is 0 Å². The normalized spacial score (nSPS) is 11.7. The number of nitrogens with one attached hydrogen (secondary N) is 2. The van der Waals surface area contributed by atoms with Gasteiger partial charge >= 0.3 is 4.87 Å². The molecular formula is C26H27N3O4S2. The van der Waals surface area contributed by atoms with Gasteiger partial charge in [0, 0.05) is 17.3 Å². The quantitative estimate of drug-likeness (QED) is 0.352. The van der Waals surface area contributed by atoms with Gasteiger partial charge in [0.25, 0.3) is 15.9 Å². The number of anilines is 2. The van der Waals surface area contributed by atoms with E-state index in [1.807, 2.05) is 45.9 Å². The van der Waals surface area contributed by atoms with Crippen molar-refractivity contribution in [3.05, 3.63) is 86.5 Å². The summed E-state index contributed by atoms with van der Waals surface area (Å²) in [7, 11) is -3.92. The Kier molecular flexibility index (Phi) is 6.57. The number of fused-ring (bicyclic) bond motifs is 1. The van der Waals surface area contributed by atoms with E-state index in [4.69, 9.17) is 0 Å². The first-order chi connectivity index (χ1) is 16.5. The Hall–Kier alpha value is -3.43. The molecule has 0 spiro atoms. The molecule has 0 fully saturated rings. The highest BCUT2D eigenvalue weighted by molar-refractivity contribution is 7.92. The smallest absolute Gasteiger partial charge is 0.308 e. The van der Waals surface area contributed by atoms with Crippen molar-refractivity contribution in [1.82, 2.24) is 4.57 Å². The summed E-state index contributed by atoms with van der Waals surface area (Å²) in [5.74, 6) is -0.442. The zero-order valence-corrected chi connectivity index (χ0v) is 21.8. The number of rotatable bonds is 6. The van der Waals surface area contributed by atoms with Crippen molar-refractivity contribution in [2.75, 3.05) is 10.0 Å². The molecule has 0 bridgehead atoms. The molecule has 0 saturated carbocycles. The van der Waals surface area contributed by atoms with Crippen molar-refractivity contribution < 1.29 is 13.2 Å². The second-order valence-electron chi connectivity index (χ2n) is 8.87. The number of hydrogen-bond acceptors (Lipinski definition) is 5. The van der Waals surface area contributed by atoms with Crippen LogP contribution >= 0.6 is 11.3 Å². The predicted octanol–water partition coefficient (Wildman–Crippen LogP) is 5.62. The minimum atomic E-state index is -3.92. The van der Waals surface area contributed by atoms with Crippen LogP contribution in [0.15, 0.2) is 64.3 Å². The summed E-state index contributed by atoms with van der Waals surface area (Å²) in [4.78, 5) is 25.3. The summed E-state index contributed by atoms with van der Waals surface area (Å²) in [6.45, 7) is 9.30. The highest BCUT2D eigenvalue weighted by Gasteiger charge is 2.21. The first kappa shape index (κ1) is 24.7. The van der Waals surface area contributed by atoms with Gasteiger partial charge in [0.15, 0.2) is 0 Å². The van der Waals surface area contributed by atoms with Gasteiger partial charge in [-0.25, -0.2) is 8.42 Å². The van der Waals surface area contributed by atoms with Gasteiger partial charge in [-0.05, 0) is 87.7 Å². The minimum absolute atomic E-state index is 0.0295. The number of carbonyl (C=O) groups excluding carboxylic acids is 1. The number of aryl methyl sites for hydroxylation is 3. The van der Waals surface area contributed by atoms with Crippen LogP contribution in [0, 0.1) is 20.8 Å². The fourth-order valence-electron chi connectivity index (χ4n) is 3.88. The van der Waals surface area contributed by atoms with Crippen LogP contribution in [-0.4, -0.2) is 18.9 Å². The molecule has 0 unspecified atom stereocenters. The third-order valence-corrected chi connectivity index (χ3v) is 8.19. The Morgan fingerprint density at radius 2 is 1.66 bits per heavy atom. The monoisotopic (exact) mass is 509 g/mol. The number of benzene rings is 3. The topological polar surface area (TPSA) is 97.3 Å². The third kappa shape index (κ3) is 5.01. The molecule has 2 N–H and O–H groups in total. The Morgan fingerprint density at radius 3 is 2.37 bits per heavy atom. The van der Waals surface area contributed by atoms with E-state index in [-0.39, 0.29) is 21.4 Å². The fraction of sp³-hybridized carbons (Fsp3) is 0.231. The summed E-state index contributed by atoms with van der Waals surface area (Å²) in [6, 6.07) is 15.5. The summed E-state index contributed by atoms with van der Waals surface area (Å²) in [5, 5.41) is 2.81. The Bertz CT molecular complexity index is 1620. The van der Waals surface area contributed by atoms with Gasteiger partial charge in [0.1, 0.15) is 0 Å². The number of thiazole rings is 1. The minimum Gasteiger partial charge on any atom is -0.322 e. The maximum Gasteiger partial charge on any atom is 0.308 e. The van der Waals surface area contributed by atoms with Crippen LogP contribution in [0.5, 0.6) is 0 Å². The molecule has 0 aliphatic rings. The maximum absolute atomic E-state index is 13.2. The van der Waals surface area contributed by atoms with Crippen LogP contribution in [0.25, 0.3) is 10.2 Å². The molecule has 1 heterocycles. The van der Waals surface area contributed by atoms with Crippen molar-refractivity contribution in [1.29, 1.82) is 0 Å². The summed E-state index contributed by atoms with van der Waals surface area (Å²) in [6.07, 6.45) is 0. The van der Waals surface area contributed by atoms with E-state index in [0.717, 1.165) is 32.7 Å². The number of nitrogens with zero attached hydrogens (tertiary/aromatic N) is 1. The second kappa shape index (κ2) is 9.31. The molecular weight excluding hydrogens is 482 g/mol. The molecule has 0 saturated heterocycles. The molecule has 4 rings (SSSR count). The van der Waals surface area contributed by atoms with E-state index in [9.17, 15) is 18.0 Å². The molecule has 7 nitrogen and oxygen atoms in total. The van der Waals surface area contributed by atoms with E-state index in [1.165, 1.54) is 6.07 Å². The SMILES string of the molecule is Cc1ccc(C)c(NS(=O)(=O)c2cc(C(=O)Nc3ccc4c(c3)sc(=O)n4C(C)C)ccc2C)c1. The second-order valence-corrected chi connectivity index (χ2v) is 11.5. The lowest BCUT2D eigenvalue weighted by molar-refractivity contribution is 0.102. The molecule has 4 aromatic rings. The van der Waals surface area contributed by atoms with E-state index in [0.29, 0.717) is 16.9 Å². The van der Waals surface area contributed by atoms with Gasteiger partial charge in [-0.1, -0.05) is 29.5 Å². The zero-order valence-electron chi connectivity index (χ0n) is 20.2. The van der Waals surface area contributed by atoms with Crippen molar-refractivity contribution in [3.8, 4) is 0 Å². The first-order valence-electron chi connectivity index (χ1n) is 11.1. The first-order valence-corrected chi connectivity index (χ1v) is 13.4. The zero-order chi connectivity index (χ0) is 25.5. The largest absolute Gasteiger partial charge is 0.322 e. The van der Waals surface area contributed by atoms with E-state index in [1.54, 1.807) is 41.8 Å². The van der Waals surface area contributed by atoms with Crippen molar-refractivity contribution in [2.24, 2.45) is 0 Å². The van der Waals surface area contributed by atoms with Crippen LogP contribution in [-0.2, 0) is 10.0 Å². The molecule has 1 aromatic heterocycles. The Morgan fingerprint density at radius 1 is 0.943 bits per heavy atom. The van der Waals surface area contributed by atoms with Gasteiger partial charge < -0.3 is 5.32 Å². The lowest BCUT2D eigenvalue weighted by atomic mass is 10.1. The van der Waals surface area contributed by atoms with Crippen molar-refractivity contribution in [2.45, 2.75) is 45.6 Å². The van der Waals surface area contributed by atoms with Crippen LogP contribution in [0.2, 0.25) is 0 Å². The molecule has 0 aliphatic carbocycles.